The minimum Gasteiger partial charge on any atom is -0.385 e. The summed E-state index contributed by atoms with van der Waals surface area (Å²) in [4.78, 5) is 27.7. The van der Waals surface area contributed by atoms with Crippen LogP contribution in [0.3, 0.4) is 0 Å². The highest BCUT2D eigenvalue weighted by Gasteiger charge is 2.24. The molecule has 0 radical (unpaired) electrons. The van der Waals surface area contributed by atoms with Crippen LogP contribution in [0.25, 0.3) is 0 Å². The van der Waals surface area contributed by atoms with Crippen molar-refractivity contribution in [3.05, 3.63) is 59.6 Å². The average Bonchev–Trinajstić information content (AvgIpc) is 3.15. The predicted molar refractivity (Wildman–Crippen MR) is 158 cm³/mol. The average molecular weight is 566 g/mol. The van der Waals surface area contributed by atoms with Crippen LogP contribution in [-0.4, -0.2) is 86.4 Å². The van der Waals surface area contributed by atoms with Crippen molar-refractivity contribution in [2.75, 3.05) is 46.9 Å². The Hall–Kier alpha value is -2.91. The van der Waals surface area contributed by atoms with Gasteiger partial charge >= 0.3 is 6.03 Å². The number of amides is 3. The summed E-state index contributed by atoms with van der Waals surface area (Å²) < 4.78 is 18.2. The van der Waals surface area contributed by atoms with E-state index in [0.717, 1.165) is 37.9 Å². The minimum atomic E-state index is -0.436. The third kappa shape index (κ3) is 15.3. The quantitative estimate of drug-likeness (QED) is 0.136. The number of ether oxygens (including phenoxy) is 1. The van der Waals surface area contributed by atoms with E-state index in [0.29, 0.717) is 26.2 Å². The molecule has 10 heteroatoms. The number of methoxy groups -OCH3 is 1. The number of halogens is 2. The van der Waals surface area contributed by atoms with Gasteiger partial charge in [0.1, 0.15) is 5.83 Å². The highest BCUT2D eigenvalue weighted by molar-refractivity contribution is 6.25. The standard InChI is InChI=1S/C24H33ClFN5O2.C5H12O/c1-3-20(9-13-29(2)16-12-25)17-27-31(18-21-10-14-30(19-32)15-11-21)24(33)28-23-6-4-5-22(26)7-8-23;1-3-4-5-6-2/h4-9,12,16-17,19,21,23H,3,10-11,13-15,18H2,1-2H3,(H,28,33);3-5H2,1-2H3/b16-12+,20-9+,27-17+;. The van der Waals surface area contributed by atoms with Gasteiger partial charge in [0, 0.05) is 58.7 Å². The van der Waals surface area contributed by atoms with Gasteiger partial charge in [0.25, 0.3) is 0 Å². The largest absolute Gasteiger partial charge is 0.385 e. The maximum absolute atomic E-state index is 13.4. The second kappa shape index (κ2) is 21.0. The Morgan fingerprint density at radius 2 is 2.05 bits per heavy atom. The molecular formula is C29H45ClFN5O3. The van der Waals surface area contributed by atoms with Crippen LogP contribution in [0, 0.1) is 5.92 Å². The molecule has 1 fully saturated rings. The van der Waals surface area contributed by atoms with E-state index in [-0.39, 0.29) is 17.8 Å². The number of nitrogens with one attached hydrogen (secondary N) is 1. The lowest BCUT2D eigenvalue weighted by Crippen LogP contribution is -2.44. The van der Waals surface area contributed by atoms with Crippen molar-refractivity contribution in [2.24, 2.45) is 11.0 Å². The van der Waals surface area contributed by atoms with E-state index in [1.54, 1.807) is 42.7 Å². The Bertz CT molecular complexity index is 891. The van der Waals surface area contributed by atoms with Gasteiger partial charge in [-0.05, 0) is 49.3 Å². The molecule has 1 saturated heterocycles. The molecule has 39 heavy (non-hydrogen) atoms. The Labute approximate surface area is 238 Å². The van der Waals surface area contributed by atoms with Gasteiger partial charge in [-0.1, -0.05) is 56.2 Å². The van der Waals surface area contributed by atoms with Gasteiger partial charge in [0.05, 0.1) is 12.3 Å². The maximum atomic E-state index is 13.4. The normalized spacial score (nSPS) is 18.0. The van der Waals surface area contributed by atoms with Crippen LogP contribution in [0.1, 0.15) is 46.0 Å². The molecule has 3 amide bonds. The van der Waals surface area contributed by atoms with Crippen LogP contribution < -0.4 is 5.32 Å². The number of hydrogen-bond acceptors (Lipinski definition) is 5. The summed E-state index contributed by atoms with van der Waals surface area (Å²) in [7, 11) is 3.65. The first-order chi connectivity index (χ1) is 18.9. The van der Waals surface area contributed by atoms with Crippen molar-refractivity contribution in [3.8, 4) is 0 Å². The Balaban J connectivity index is 0.00000113. The van der Waals surface area contributed by atoms with Crippen molar-refractivity contribution < 1.29 is 18.7 Å². The van der Waals surface area contributed by atoms with Crippen LogP contribution in [0.2, 0.25) is 0 Å². The Morgan fingerprint density at radius 3 is 2.64 bits per heavy atom. The number of urea groups is 1. The van der Waals surface area contributed by atoms with Gasteiger partial charge in [-0.3, -0.25) is 4.79 Å². The summed E-state index contributed by atoms with van der Waals surface area (Å²) in [5.74, 6) is -0.135. The van der Waals surface area contributed by atoms with Crippen molar-refractivity contribution in [2.45, 2.75) is 52.0 Å². The molecule has 0 aromatic heterocycles. The lowest BCUT2D eigenvalue weighted by atomic mass is 9.97. The van der Waals surface area contributed by atoms with E-state index in [2.05, 4.69) is 17.3 Å². The molecule has 0 spiro atoms. The first-order valence-corrected chi connectivity index (χ1v) is 14.0. The number of nitrogens with zero attached hydrogens (tertiary/aromatic N) is 4. The van der Waals surface area contributed by atoms with E-state index >= 15 is 0 Å². The summed E-state index contributed by atoms with van der Waals surface area (Å²) in [6.45, 7) is 7.53. The lowest BCUT2D eigenvalue weighted by molar-refractivity contribution is -0.119. The molecule has 1 aliphatic carbocycles. The molecule has 1 atom stereocenters. The maximum Gasteiger partial charge on any atom is 0.338 e. The molecule has 0 aromatic carbocycles. The number of piperidine rings is 1. The molecular weight excluding hydrogens is 521 g/mol. The predicted octanol–water partition coefficient (Wildman–Crippen LogP) is 5.61. The highest BCUT2D eigenvalue weighted by Crippen LogP contribution is 2.18. The minimum absolute atomic E-state index is 0.234. The molecule has 218 valence electrons. The Kier molecular flexibility index (Phi) is 18.4. The van der Waals surface area contributed by atoms with Crippen molar-refractivity contribution in [3.63, 3.8) is 0 Å². The van der Waals surface area contributed by atoms with Crippen LogP contribution >= 0.6 is 11.6 Å². The van der Waals surface area contributed by atoms with E-state index < -0.39 is 6.04 Å². The fraction of sp³-hybridized carbons (Fsp3) is 0.552. The number of likely N-dealkylation sites (tertiary alicyclic amines) is 1. The number of hydrogen-bond donors (Lipinski definition) is 1. The first-order valence-electron chi connectivity index (χ1n) is 13.5. The molecule has 8 nitrogen and oxygen atoms in total. The van der Waals surface area contributed by atoms with E-state index in [1.807, 2.05) is 24.9 Å². The number of rotatable bonds is 13. The molecule has 1 heterocycles. The van der Waals surface area contributed by atoms with Crippen LogP contribution in [0.4, 0.5) is 9.18 Å². The van der Waals surface area contributed by atoms with Crippen molar-refractivity contribution in [1.29, 1.82) is 0 Å². The number of carbonyl (C=O) groups excluding carboxylic acids is 2. The molecule has 0 saturated carbocycles. The zero-order valence-electron chi connectivity index (χ0n) is 23.8. The number of carbonyl (C=O) groups is 2. The SMILES string of the molecule is CCC(/C=N/N(CC1CCN(C=O)CC1)C(=O)NC1C=CC=C(F)C=C1)=C\CN(C)/C=C/Cl.CCCCOC. The molecule has 2 aliphatic rings. The molecule has 1 unspecified atom stereocenters. The summed E-state index contributed by atoms with van der Waals surface area (Å²) in [6.07, 6.45) is 18.7. The van der Waals surface area contributed by atoms with Gasteiger partial charge < -0.3 is 19.9 Å². The molecule has 0 aromatic rings. The van der Waals surface area contributed by atoms with Gasteiger partial charge in [-0.2, -0.15) is 5.10 Å². The monoisotopic (exact) mass is 565 g/mol. The van der Waals surface area contributed by atoms with Crippen molar-refractivity contribution >= 4 is 30.3 Å². The first kappa shape index (κ1) is 34.1. The summed E-state index contributed by atoms with van der Waals surface area (Å²) >= 11 is 5.62. The van der Waals surface area contributed by atoms with E-state index in [9.17, 15) is 14.0 Å². The molecule has 0 bridgehead atoms. The summed E-state index contributed by atoms with van der Waals surface area (Å²) in [5.41, 5.74) is 2.44. The zero-order chi connectivity index (χ0) is 28.9. The van der Waals surface area contributed by atoms with Crippen LogP contribution in [-0.2, 0) is 9.53 Å². The third-order valence-electron chi connectivity index (χ3n) is 6.22. The van der Waals surface area contributed by atoms with Crippen molar-refractivity contribution in [1.82, 2.24) is 20.1 Å². The van der Waals surface area contributed by atoms with Gasteiger partial charge in [-0.25, -0.2) is 14.2 Å². The smallest absolute Gasteiger partial charge is 0.338 e. The number of unbranched alkanes of at least 4 members (excludes halogenated alkanes) is 1. The fourth-order valence-corrected chi connectivity index (χ4v) is 3.90. The molecule has 2 rings (SSSR count). The van der Waals surface area contributed by atoms with Crippen LogP contribution in [0.5, 0.6) is 0 Å². The number of likely N-dealkylation sites (N-methyl/N-ethyl adjacent to an activating group) is 1. The van der Waals surface area contributed by atoms with Gasteiger partial charge in [-0.15, -0.1) is 0 Å². The third-order valence-corrected chi connectivity index (χ3v) is 6.33. The molecule has 1 aliphatic heterocycles. The number of hydrazone groups is 1. The zero-order valence-corrected chi connectivity index (χ0v) is 24.5. The number of allylic oxidation sites excluding steroid dienone is 5. The summed E-state index contributed by atoms with van der Waals surface area (Å²) in [6, 6.07) is -0.794. The van der Waals surface area contributed by atoms with Crippen LogP contribution in [0.15, 0.2) is 64.7 Å². The van der Waals surface area contributed by atoms with Gasteiger partial charge in [0.2, 0.25) is 6.41 Å². The second-order valence-corrected chi connectivity index (χ2v) is 9.63. The molecule has 1 N–H and O–H groups in total. The fourth-order valence-electron chi connectivity index (χ4n) is 3.70. The second-order valence-electron chi connectivity index (χ2n) is 9.38. The van der Waals surface area contributed by atoms with E-state index in [4.69, 9.17) is 16.3 Å². The van der Waals surface area contributed by atoms with Gasteiger partial charge in [0.15, 0.2) is 0 Å². The lowest BCUT2D eigenvalue weighted by Gasteiger charge is -2.31. The van der Waals surface area contributed by atoms with E-state index in [1.165, 1.54) is 35.5 Å². The topological polar surface area (TPSA) is 77.5 Å². The Morgan fingerprint density at radius 1 is 1.31 bits per heavy atom. The summed E-state index contributed by atoms with van der Waals surface area (Å²) in [5, 5.41) is 8.82. The highest BCUT2D eigenvalue weighted by atomic mass is 35.5.